The topological polar surface area (TPSA) is 88.6 Å². The maximum atomic E-state index is 12.8. The number of hydrogen-bond donors (Lipinski definition) is 2. The van der Waals surface area contributed by atoms with Crippen molar-refractivity contribution in [2.45, 2.75) is 6.54 Å². The van der Waals surface area contributed by atoms with Crippen LogP contribution in [0.25, 0.3) is 11.6 Å². The van der Waals surface area contributed by atoms with E-state index in [1.54, 1.807) is 12.2 Å². The van der Waals surface area contributed by atoms with Crippen LogP contribution < -0.4 is 25.0 Å². The van der Waals surface area contributed by atoms with Crippen molar-refractivity contribution < 1.29 is 14.4 Å². The number of aromatic nitrogens is 1. The Morgan fingerprint density at radius 2 is 2.24 bits per heavy atom. The second-order valence-electron chi connectivity index (χ2n) is 6.53. The second kappa shape index (κ2) is 10.3. The van der Waals surface area contributed by atoms with E-state index in [-0.39, 0.29) is 17.7 Å². The molecule has 0 bridgehead atoms. The summed E-state index contributed by atoms with van der Waals surface area (Å²) in [6.07, 6.45) is 3.36. The largest absolute Gasteiger partial charge is 0.370 e. The maximum Gasteiger partial charge on any atom is 0.269 e. The Labute approximate surface area is 176 Å². The molecule has 1 aliphatic rings. The Morgan fingerprint density at radius 3 is 2.90 bits per heavy atom. The summed E-state index contributed by atoms with van der Waals surface area (Å²) in [7, 11) is 0. The zero-order valence-corrected chi connectivity index (χ0v) is 17.6. The molecule has 3 heterocycles. The highest BCUT2D eigenvalue weighted by atomic mass is 32.1. The van der Waals surface area contributed by atoms with Gasteiger partial charge in [-0.2, -0.15) is 16.6 Å². The van der Waals surface area contributed by atoms with Gasteiger partial charge in [-0.1, -0.05) is 6.08 Å². The molecule has 152 valence electrons. The maximum absolute atomic E-state index is 12.8. The Kier molecular flexibility index (Phi) is 7.55. The first-order valence-corrected chi connectivity index (χ1v) is 11.1. The number of hydrogen-bond acceptors (Lipinski definition) is 6. The summed E-state index contributed by atoms with van der Waals surface area (Å²) in [5.74, 6) is -0.457. The molecule has 1 fully saturated rings. The third-order valence-electron chi connectivity index (χ3n) is 4.58. The van der Waals surface area contributed by atoms with Crippen LogP contribution in [0.3, 0.4) is 0 Å². The molecule has 29 heavy (non-hydrogen) atoms. The lowest BCUT2D eigenvalue weighted by molar-refractivity contribution is -0.906. The van der Waals surface area contributed by atoms with E-state index in [1.165, 1.54) is 20.8 Å². The van der Waals surface area contributed by atoms with Gasteiger partial charge in [0, 0.05) is 6.54 Å². The summed E-state index contributed by atoms with van der Waals surface area (Å²) in [5.41, 5.74) is 0.646. The number of thiazole rings is 1. The molecule has 0 unspecified atom stereocenters. The number of rotatable bonds is 7. The molecule has 0 aliphatic carbocycles. The normalized spacial score (nSPS) is 16.3. The Hall–Kier alpha value is -2.51. The number of carbonyl (C=O) groups is 1. The van der Waals surface area contributed by atoms with Gasteiger partial charge in [-0.15, -0.1) is 17.9 Å². The highest BCUT2D eigenvalue weighted by molar-refractivity contribution is 7.08. The van der Waals surface area contributed by atoms with E-state index in [9.17, 15) is 14.9 Å². The monoisotopic (exact) mass is 431 g/mol. The van der Waals surface area contributed by atoms with E-state index >= 15 is 0 Å². The fourth-order valence-corrected chi connectivity index (χ4v) is 4.78. The van der Waals surface area contributed by atoms with Crippen molar-refractivity contribution in [2.75, 3.05) is 39.4 Å². The van der Waals surface area contributed by atoms with E-state index in [1.807, 2.05) is 22.9 Å². The number of amides is 1. The SMILES string of the molecule is C=CCn1c(=O)/c(=C/c2ccsc2)s/c1=C(\C#N)C(=O)NCC[NH+]1CCOCC1. The van der Waals surface area contributed by atoms with Crippen molar-refractivity contribution in [3.05, 3.63) is 54.6 Å². The van der Waals surface area contributed by atoms with Crippen LogP contribution >= 0.6 is 22.7 Å². The molecular formula is C20H23N4O3S2+. The van der Waals surface area contributed by atoms with Gasteiger partial charge in [0.25, 0.3) is 11.5 Å². The van der Waals surface area contributed by atoms with Crippen molar-refractivity contribution in [1.29, 1.82) is 5.26 Å². The molecule has 0 saturated carbocycles. The van der Waals surface area contributed by atoms with Gasteiger partial charge in [0.2, 0.25) is 0 Å². The lowest BCUT2D eigenvalue weighted by Gasteiger charge is -2.23. The van der Waals surface area contributed by atoms with Crippen molar-refractivity contribution in [3.8, 4) is 6.07 Å². The van der Waals surface area contributed by atoms with Gasteiger partial charge in [-0.3, -0.25) is 14.2 Å². The molecule has 2 aromatic heterocycles. The van der Waals surface area contributed by atoms with E-state index in [4.69, 9.17) is 4.74 Å². The number of allylic oxidation sites excluding steroid dienone is 1. The first-order valence-electron chi connectivity index (χ1n) is 9.32. The number of quaternary nitrogens is 1. The Bertz CT molecular complexity index is 1070. The van der Waals surface area contributed by atoms with Crippen LogP contribution in [0.5, 0.6) is 0 Å². The number of nitriles is 1. The van der Waals surface area contributed by atoms with Crippen LogP contribution in [0.2, 0.25) is 0 Å². The molecule has 1 amide bonds. The predicted octanol–water partition coefficient (Wildman–Crippen LogP) is -1.31. The summed E-state index contributed by atoms with van der Waals surface area (Å²) in [6.45, 7) is 8.44. The van der Waals surface area contributed by atoms with Gasteiger partial charge in [0.1, 0.15) is 23.8 Å². The minimum absolute atomic E-state index is 0.0455. The molecule has 2 N–H and O–H groups in total. The van der Waals surface area contributed by atoms with Crippen LogP contribution in [0.1, 0.15) is 5.56 Å². The lowest BCUT2D eigenvalue weighted by atomic mass is 10.3. The number of thiophene rings is 1. The molecule has 2 aromatic rings. The van der Waals surface area contributed by atoms with Crippen LogP contribution in [-0.4, -0.2) is 49.9 Å². The fraction of sp³-hybridized carbons (Fsp3) is 0.350. The van der Waals surface area contributed by atoms with Gasteiger partial charge < -0.3 is 15.0 Å². The summed E-state index contributed by atoms with van der Waals surface area (Å²) in [6, 6.07) is 3.90. The third kappa shape index (κ3) is 5.31. The van der Waals surface area contributed by atoms with Crippen molar-refractivity contribution in [3.63, 3.8) is 0 Å². The third-order valence-corrected chi connectivity index (χ3v) is 6.41. The molecule has 0 spiro atoms. The molecular weight excluding hydrogens is 408 g/mol. The van der Waals surface area contributed by atoms with E-state index < -0.39 is 5.91 Å². The molecule has 7 nitrogen and oxygen atoms in total. The van der Waals surface area contributed by atoms with Gasteiger partial charge in [-0.25, -0.2) is 0 Å². The van der Waals surface area contributed by atoms with Crippen molar-refractivity contribution in [1.82, 2.24) is 9.88 Å². The second-order valence-corrected chi connectivity index (χ2v) is 8.34. The van der Waals surface area contributed by atoms with Crippen molar-refractivity contribution >= 4 is 40.2 Å². The van der Waals surface area contributed by atoms with E-state index in [0.717, 1.165) is 49.7 Å². The number of morpholine rings is 1. The van der Waals surface area contributed by atoms with Gasteiger partial charge >= 0.3 is 0 Å². The lowest BCUT2D eigenvalue weighted by Crippen LogP contribution is -3.14. The number of carbonyl (C=O) groups excluding carboxylic acids is 1. The average molecular weight is 432 g/mol. The number of nitrogens with zero attached hydrogens (tertiary/aromatic N) is 2. The molecule has 1 aliphatic heterocycles. The van der Waals surface area contributed by atoms with Crippen LogP contribution in [0.15, 0.2) is 34.3 Å². The highest BCUT2D eigenvalue weighted by Crippen LogP contribution is 2.06. The molecule has 3 rings (SSSR count). The quantitative estimate of drug-likeness (QED) is 0.533. The highest BCUT2D eigenvalue weighted by Gasteiger charge is 2.17. The predicted molar refractivity (Wildman–Crippen MR) is 114 cm³/mol. The standard InChI is InChI=1S/C20H22N4O3S2/c1-2-5-24-19(26)17(12-15-3-11-28-14-15)29-20(24)16(13-21)18(25)22-4-6-23-7-9-27-10-8-23/h2-3,11-12,14H,1,4-10H2,(H,22,25)/p+1/b17-12-,20-16+. The molecule has 1 saturated heterocycles. The molecule has 0 atom stereocenters. The fourth-order valence-electron chi connectivity index (χ4n) is 3.06. The average Bonchev–Trinajstić information content (AvgIpc) is 3.34. The van der Waals surface area contributed by atoms with E-state index in [0.29, 0.717) is 15.7 Å². The Balaban J connectivity index is 1.89. The first kappa shape index (κ1) is 21.2. The summed E-state index contributed by atoms with van der Waals surface area (Å²) in [4.78, 5) is 26.8. The minimum Gasteiger partial charge on any atom is -0.370 e. The molecule has 0 aromatic carbocycles. The van der Waals surface area contributed by atoms with Crippen LogP contribution in [-0.2, 0) is 16.1 Å². The number of nitrogens with one attached hydrogen (secondary N) is 2. The first-order chi connectivity index (χ1) is 14.1. The molecule has 9 heteroatoms. The smallest absolute Gasteiger partial charge is 0.269 e. The van der Waals surface area contributed by atoms with Crippen LogP contribution in [0, 0.1) is 11.3 Å². The Morgan fingerprint density at radius 1 is 1.45 bits per heavy atom. The zero-order valence-electron chi connectivity index (χ0n) is 16.0. The molecule has 0 radical (unpaired) electrons. The summed E-state index contributed by atoms with van der Waals surface area (Å²) < 4.78 is 7.60. The minimum atomic E-state index is -0.457. The summed E-state index contributed by atoms with van der Waals surface area (Å²) in [5, 5.41) is 16.3. The van der Waals surface area contributed by atoms with Crippen LogP contribution in [0.4, 0.5) is 0 Å². The van der Waals surface area contributed by atoms with Gasteiger partial charge in [-0.05, 0) is 28.5 Å². The van der Waals surface area contributed by atoms with Gasteiger partial charge in [0.05, 0.1) is 30.8 Å². The summed E-state index contributed by atoms with van der Waals surface area (Å²) >= 11 is 2.70. The number of ether oxygens (including phenoxy) is 1. The zero-order chi connectivity index (χ0) is 20.6. The van der Waals surface area contributed by atoms with E-state index in [2.05, 4.69) is 11.9 Å². The van der Waals surface area contributed by atoms with Crippen molar-refractivity contribution in [2.24, 2.45) is 0 Å². The van der Waals surface area contributed by atoms with Gasteiger partial charge in [0.15, 0.2) is 5.57 Å².